The molecule has 1 aliphatic rings. The van der Waals surface area contributed by atoms with Crippen molar-refractivity contribution in [3.05, 3.63) is 24.4 Å². The summed E-state index contributed by atoms with van der Waals surface area (Å²) < 4.78 is 0. The Morgan fingerprint density at radius 1 is 1.40 bits per heavy atom. The molecule has 0 saturated heterocycles. The number of aromatic nitrogens is 1. The zero-order chi connectivity index (χ0) is 14.2. The molecule has 2 atom stereocenters. The Morgan fingerprint density at radius 2 is 2.25 bits per heavy atom. The molecule has 0 radical (unpaired) electrons. The van der Waals surface area contributed by atoms with Gasteiger partial charge in [0.2, 0.25) is 5.91 Å². The number of nitrogens with one attached hydrogen (secondary N) is 1. The van der Waals surface area contributed by atoms with Crippen LogP contribution in [-0.2, 0) is 4.79 Å². The molecule has 0 spiro atoms. The van der Waals surface area contributed by atoms with E-state index in [2.05, 4.69) is 10.3 Å². The van der Waals surface area contributed by atoms with Crippen LogP contribution in [0.1, 0.15) is 32.1 Å². The second-order valence-electron chi connectivity index (χ2n) is 5.18. The summed E-state index contributed by atoms with van der Waals surface area (Å²) in [5.74, 6) is 1.03. The Balaban J connectivity index is 1.60. The molecule has 1 heterocycles. The van der Waals surface area contributed by atoms with Gasteiger partial charge in [-0.3, -0.25) is 4.79 Å². The number of pyridine rings is 1. The highest BCUT2D eigenvalue weighted by molar-refractivity contribution is 7.99. The molecule has 4 nitrogen and oxygen atoms in total. The molecule has 0 aromatic carbocycles. The molecule has 2 rings (SSSR count). The number of thioether (sulfide) groups is 1. The van der Waals surface area contributed by atoms with Gasteiger partial charge in [0.05, 0.1) is 11.1 Å². The minimum atomic E-state index is -0.244. The van der Waals surface area contributed by atoms with Crippen LogP contribution in [-0.4, -0.2) is 34.4 Å². The molecule has 1 fully saturated rings. The highest BCUT2D eigenvalue weighted by Crippen LogP contribution is 2.23. The maximum absolute atomic E-state index is 11.8. The Hall–Kier alpha value is -1.07. The van der Waals surface area contributed by atoms with Crippen molar-refractivity contribution in [2.24, 2.45) is 5.92 Å². The summed E-state index contributed by atoms with van der Waals surface area (Å²) in [5, 5.41) is 13.7. The van der Waals surface area contributed by atoms with Gasteiger partial charge in [-0.2, -0.15) is 0 Å². The lowest BCUT2D eigenvalue weighted by atomic mass is 9.86. The monoisotopic (exact) mass is 294 g/mol. The Bertz CT molecular complexity index is 414. The Kier molecular flexibility index (Phi) is 6.33. The van der Waals surface area contributed by atoms with Crippen molar-refractivity contribution in [1.29, 1.82) is 0 Å². The average molecular weight is 294 g/mol. The number of carbonyl (C=O) groups excluding carboxylic acids is 1. The molecule has 1 aliphatic carbocycles. The van der Waals surface area contributed by atoms with Crippen molar-refractivity contribution in [1.82, 2.24) is 10.3 Å². The van der Waals surface area contributed by atoms with Crippen molar-refractivity contribution in [3.8, 4) is 0 Å². The van der Waals surface area contributed by atoms with E-state index in [1.165, 1.54) is 0 Å². The molecule has 0 unspecified atom stereocenters. The highest BCUT2D eigenvalue weighted by Gasteiger charge is 2.23. The number of aliphatic hydroxyl groups is 1. The van der Waals surface area contributed by atoms with E-state index in [4.69, 9.17) is 0 Å². The van der Waals surface area contributed by atoms with Gasteiger partial charge in [0.1, 0.15) is 0 Å². The van der Waals surface area contributed by atoms with E-state index in [1.807, 2.05) is 18.2 Å². The summed E-state index contributed by atoms with van der Waals surface area (Å²) in [4.78, 5) is 16.0. The first-order valence-corrected chi connectivity index (χ1v) is 8.23. The number of hydrogen-bond acceptors (Lipinski definition) is 4. The molecule has 2 N–H and O–H groups in total. The van der Waals surface area contributed by atoms with Crippen molar-refractivity contribution < 1.29 is 9.90 Å². The van der Waals surface area contributed by atoms with E-state index in [0.29, 0.717) is 13.0 Å². The molecule has 0 bridgehead atoms. The fourth-order valence-corrected chi connectivity index (χ4v) is 3.25. The third kappa shape index (κ3) is 5.13. The summed E-state index contributed by atoms with van der Waals surface area (Å²) in [6, 6.07) is 5.77. The van der Waals surface area contributed by atoms with E-state index >= 15 is 0 Å². The topological polar surface area (TPSA) is 62.2 Å². The minimum absolute atomic E-state index is 0.0613. The smallest absolute Gasteiger partial charge is 0.220 e. The predicted molar refractivity (Wildman–Crippen MR) is 80.6 cm³/mol. The van der Waals surface area contributed by atoms with Crippen LogP contribution in [0.2, 0.25) is 0 Å². The first-order chi connectivity index (χ1) is 9.75. The fraction of sp³-hybridized carbons (Fsp3) is 0.600. The van der Waals surface area contributed by atoms with Gasteiger partial charge in [-0.05, 0) is 25.0 Å². The summed E-state index contributed by atoms with van der Waals surface area (Å²) in [7, 11) is 0. The number of aliphatic hydroxyl groups excluding tert-OH is 1. The quantitative estimate of drug-likeness (QED) is 0.790. The first-order valence-electron chi connectivity index (χ1n) is 7.24. The van der Waals surface area contributed by atoms with Crippen molar-refractivity contribution in [2.75, 3.05) is 12.3 Å². The van der Waals surface area contributed by atoms with Crippen LogP contribution in [0, 0.1) is 5.92 Å². The number of nitrogens with zero attached hydrogens (tertiary/aromatic N) is 1. The van der Waals surface area contributed by atoms with Gasteiger partial charge in [0.25, 0.3) is 0 Å². The summed E-state index contributed by atoms with van der Waals surface area (Å²) in [6.45, 7) is 0.605. The van der Waals surface area contributed by atoms with Gasteiger partial charge in [-0.25, -0.2) is 4.98 Å². The maximum Gasteiger partial charge on any atom is 0.220 e. The zero-order valence-corrected chi connectivity index (χ0v) is 12.4. The van der Waals surface area contributed by atoms with Crippen molar-refractivity contribution in [3.63, 3.8) is 0 Å². The lowest BCUT2D eigenvalue weighted by molar-refractivity contribution is -0.121. The summed E-state index contributed by atoms with van der Waals surface area (Å²) >= 11 is 1.59. The third-order valence-electron chi connectivity index (χ3n) is 3.65. The highest BCUT2D eigenvalue weighted by atomic mass is 32.2. The van der Waals surface area contributed by atoms with Crippen LogP contribution in [0.4, 0.5) is 0 Å². The molecule has 1 aromatic rings. The number of rotatable bonds is 6. The molecule has 110 valence electrons. The van der Waals surface area contributed by atoms with Crippen LogP contribution in [0.15, 0.2) is 29.4 Å². The van der Waals surface area contributed by atoms with Crippen LogP contribution in [0.3, 0.4) is 0 Å². The number of carbonyl (C=O) groups is 1. The largest absolute Gasteiger partial charge is 0.393 e. The van der Waals surface area contributed by atoms with Gasteiger partial charge in [0, 0.05) is 30.8 Å². The van der Waals surface area contributed by atoms with Crippen LogP contribution in [0.25, 0.3) is 0 Å². The minimum Gasteiger partial charge on any atom is -0.393 e. The van der Waals surface area contributed by atoms with Crippen molar-refractivity contribution in [2.45, 2.75) is 43.2 Å². The van der Waals surface area contributed by atoms with Gasteiger partial charge in [-0.15, -0.1) is 11.8 Å². The molecule has 1 aromatic heterocycles. The first kappa shape index (κ1) is 15.3. The van der Waals surface area contributed by atoms with Gasteiger partial charge >= 0.3 is 0 Å². The van der Waals surface area contributed by atoms with Crippen molar-refractivity contribution >= 4 is 17.7 Å². The Morgan fingerprint density at radius 3 is 3.00 bits per heavy atom. The lowest BCUT2D eigenvalue weighted by Crippen LogP contribution is -2.36. The van der Waals surface area contributed by atoms with Gasteiger partial charge < -0.3 is 10.4 Å². The summed E-state index contributed by atoms with van der Waals surface area (Å²) in [5.41, 5.74) is 0. The van der Waals surface area contributed by atoms with Gasteiger partial charge in [-0.1, -0.05) is 18.9 Å². The van der Waals surface area contributed by atoms with Crippen LogP contribution >= 0.6 is 11.8 Å². The number of amides is 1. The maximum atomic E-state index is 11.8. The standard InChI is InChI=1S/C15H22N2O2S/c18-13-6-2-1-5-12(13)11-17-14(19)8-10-20-15-7-3-4-9-16-15/h3-4,7,9,12-13,18H,1-2,5-6,8,10-11H2,(H,17,19)/t12-,13+/m0/s1. The van der Waals surface area contributed by atoms with Crippen LogP contribution < -0.4 is 5.32 Å². The fourth-order valence-electron chi connectivity index (χ4n) is 2.44. The molecule has 1 saturated carbocycles. The average Bonchev–Trinajstić information content (AvgIpc) is 2.47. The molecule has 20 heavy (non-hydrogen) atoms. The van der Waals surface area contributed by atoms with E-state index in [-0.39, 0.29) is 17.9 Å². The predicted octanol–water partition coefficient (Wildman–Crippen LogP) is 2.23. The SMILES string of the molecule is O=C(CCSc1ccccn1)NC[C@@H]1CCCC[C@H]1O. The summed E-state index contributed by atoms with van der Waals surface area (Å²) in [6.07, 6.45) is 6.16. The van der Waals surface area contributed by atoms with E-state index < -0.39 is 0 Å². The van der Waals surface area contributed by atoms with Gasteiger partial charge in [0.15, 0.2) is 0 Å². The second kappa shape index (κ2) is 8.27. The molecular formula is C15H22N2O2S. The van der Waals surface area contributed by atoms with E-state index in [0.717, 1.165) is 36.5 Å². The third-order valence-corrected chi connectivity index (χ3v) is 4.59. The normalized spacial score (nSPS) is 22.4. The van der Waals surface area contributed by atoms with Crippen LogP contribution in [0.5, 0.6) is 0 Å². The van der Waals surface area contributed by atoms with E-state index in [1.54, 1.807) is 18.0 Å². The molecule has 1 amide bonds. The second-order valence-corrected chi connectivity index (χ2v) is 6.30. The molecular weight excluding hydrogens is 272 g/mol. The zero-order valence-electron chi connectivity index (χ0n) is 11.6. The molecule has 0 aliphatic heterocycles. The lowest BCUT2D eigenvalue weighted by Gasteiger charge is -2.27. The Labute approximate surface area is 124 Å². The number of hydrogen-bond donors (Lipinski definition) is 2. The van der Waals surface area contributed by atoms with E-state index in [9.17, 15) is 9.90 Å². The molecule has 5 heteroatoms.